The summed E-state index contributed by atoms with van der Waals surface area (Å²) in [6.45, 7) is 2.77. The molecule has 1 aromatic carbocycles. The maximum Gasteiger partial charge on any atom is 0.238 e. The molecular weight excluding hydrogens is 358 g/mol. The van der Waals surface area contributed by atoms with Gasteiger partial charge in [-0.25, -0.2) is 0 Å². The molecule has 1 amide bonds. The Morgan fingerprint density at radius 3 is 2.63 bits per heavy atom. The van der Waals surface area contributed by atoms with E-state index < -0.39 is 0 Å². The van der Waals surface area contributed by atoms with Crippen LogP contribution in [0.25, 0.3) is 11.5 Å². The Morgan fingerprint density at radius 2 is 1.96 bits per heavy atom. The number of nitrogens with one attached hydrogen (secondary N) is 1. The molecule has 1 fully saturated rings. The summed E-state index contributed by atoms with van der Waals surface area (Å²) in [6.07, 6.45) is 3.90. The minimum absolute atomic E-state index is 0.0266. The molecule has 3 aromatic rings. The molecule has 2 aromatic heterocycles. The summed E-state index contributed by atoms with van der Waals surface area (Å²) in [4.78, 5) is 17.2. The highest BCUT2D eigenvalue weighted by atomic mass is 32.2. The zero-order chi connectivity index (χ0) is 18.6. The van der Waals surface area contributed by atoms with Gasteiger partial charge in [0.05, 0.1) is 5.25 Å². The molecule has 7 heteroatoms. The first-order valence-electron chi connectivity index (χ1n) is 9.13. The van der Waals surface area contributed by atoms with Crippen LogP contribution in [-0.4, -0.2) is 30.9 Å². The number of benzene rings is 1. The molecule has 0 spiro atoms. The predicted molar refractivity (Wildman–Crippen MR) is 106 cm³/mol. The van der Waals surface area contributed by atoms with E-state index in [0.29, 0.717) is 5.92 Å². The molecular formula is C20H21N5OS. The van der Waals surface area contributed by atoms with Crippen LogP contribution < -0.4 is 5.32 Å². The number of anilines is 1. The Kier molecular flexibility index (Phi) is 5.20. The van der Waals surface area contributed by atoms with Crippen LogP contribution in [0.1, 0.15) is 19.8 Å². The first-order valence-corrected chi connectivity index (χ1v) is 10.0. The first-order chi connectivity index (χ1) is 13.3. The van der Waals surface area contributed by atoms with Gasteiger partial charge in [0.25, 0.3) is 0 Å². The molecule has 138 valence electrons. The Hall–Kier alpha value is -2.67. The van der Waals surface area contributed by atoms with Gasteiger partial charge >= 0.3 is 0 Å². The van der Waals surface area contributed by atoms with Gasteiger partial charge in [0.15, 0.2) is 11.0 Å². The summed E-state index contributed by atoms with van der Waals surface area (Å²) < 4.78 is 2.03. The highest BCUT2D eigenvalue weighted by Crippen LogP contribution is 2.42. The van der Waals surface area contributed by atoms with Crippen molar-refractivity contribution in [3.8, 4) is 11.5 Å². The van der Waals surface area contributed by atoms with Crippen LogP contribution >= 0.6 is 11.8 Å². The molecule has 4 rings (SSSR count). The fourth-order valence-corrected chi connectivity index (χ4v) is 4.25. The molecule has 2 heterocycles. The molecule has 1 unspecified atom stereocenters. The minimum Gasteiger partial charge on any atom is -0.325 e. The second-order valence-corrected chi connectivity index (χ2v) is 7.61. The number of thioether (sulfide) groups is 1. The number of carbonyl (C=O) groups excluding carboxylic acids is 1. The maximum atomic E-state index is 12.9. The smallest absolute Gasteiger partial charge is 0.238 e. The monoisotopic (exact) mass is 379 g/mol. The van der Waals surface area contributed by atoms with Gasteiger partial charge < -0.3 is 9.88 Å². The van der Waals surface area contributed by atoms with Crippen LogP contribution in [0.5, 0.6) is 0 Å². The summed E-state index contributed by atoms with van der Waals surface area (Å²) >= 11 is 1.50. The molecule has 6 nitrogen and oxygen atoms in total. The van der Waals surface area contributed by atoms with Crippen LogP contribution in [-0.2, 0) is 11.3 Å². The number of hydrogen-bond donors (Lipinski definition) is 1. The number of pyridine rings is 1. The second-order valence-electron chi connectivity index (χ2n) is 6.50. The molecule has 1 N–H and O–H groups in total. The van der Waals surface area contributed by atoms with E-state index in [1.54, 1.807) is 6.20 Å². The lowest BCUT2D eigenvalue weighted by Crippen LogP contribution is -2.27. The van der Waals surface area contributed by atoms with E-state index in [1.807, 2.05) is 53.1 Å². The predicted octanol–water partition coefficient (Wildman–Crippen LogP) is 3.87. The quantitative estimate of drug-likeness (QED) is 0.631. The number of rotatable bonds is 7. The fourth-order valence-electron chi connectivity index (χ4n) is 2.96. The van der Waals surface area contributed by atoms with Crippen molar-refractivity contribution in [2.45, 2.75) is 36.7 Å². The Labute approximate surface area is 162 Å². The van der Waals surface area contributed by atoms with Crippen LogP contribution in [0.15, 0.2) is 59.9 Å². The number of aromatic nitrogens is 4. The second kappa shape index (κ2) is 7.92. The zero-order valence-electron chi connectivity index (χ0n) is 15.1. The van der Waals surface area contributed by atoms with E-state index in [0.717, 1.165) is 41.7 Å². The van der Waals surface area contributed by atoms with Gasteiger partial charge in [0.1, 0.15) is 5.69 Å². The summed E-state index contributed by atoms with van der Waals surface area (Å²) in [7, 11) is 0. The molecule has 1 aliphatic rings. The van der Waals surface area contributed by atoms with Gasteiger partial charge in [0.2, 0.25) is 5.91 Å². The highest BCUT2D eigenvalue weighted by molar-refractivity contribution is 8.00. The minimum atomic E-state index is -0.170. The van der Waals surface area contributed by atoms with E-state index in [4.69, 9.17) is 0 Å². The van der Waals surface area contributed by atoms with E-state index in [-0.39, 0.29) is 11.2 Å². The summed E-state index contributed by atoms with van der Waals surface area (Å²) in [5, 5.41) is 12.3. The number of nitrogens with zero attached hydrogens (tertiary/aromatic N) is 4. The van der Waals surface area contributed by atoms with E-state index >= 15 is 0 Å². The van der Waals surface area contributed by atoms with Gasteiger partial charge in [-0.1, -0.05) is 36.0 Å². The van der Waals surface area contributed by atoms with Crippen molar-refractivity contribution in [3.63, 3.8) is 0 Å². The van der Waals surface area contributed by atoms with Crippen LogP contribution in [0.2, 0.25) is 0 Å². The standard InChI is InChI=1S/C20H21N5OS/c1-2-25-18(16-10-6-7-13-21-16)23-24-20(25)27-17(14-11-12-14)19(26)22-15-8-4-3-5-9-15/h3-10,13-14,17H,2,11-12H2,1H3,(H,22,26). The molecule has 0 bridgehead atoms. The van der Waals surface area contributed by atoms with Crippen molar-refractivity contribution < 1.29 is 4.79 Å². The topological polar surface area (TPSA) is 72.7 Å². The number of hydrogen-bond acceptors (Lipinski definition) is 5. The molecule has 1 saturated carbocycles. The number of para-hydroxylation sites is 1. The van der Waals surface area contributed by atoms with E-state index in [1.165, 1.54) is 11.8 Å². The maximum absolute atomic E-state index is 12.9. The van der Waals surface area contributed by atoms with Gasteiger partial charge in [0, 0.05) is 18.4 Å². The number of amides is 1. The van der Waals surface area contributed by atoms with Crippen LogP contribution in [0, 0.1) is 5.92 Å². The molecule has 1 aliphatic carbocycles. The third kappa shape index (κ3) is 4.03. The van der Waals surface area contributed by atoms with Gasteiger partial charge in [-0.05, 0) is 49.9 Å². The largest absolute Gasteiger partial charge is 0.325 e. The summed E-state index contributed by atoms with van der Waals surface area (Å²) in [5.74, 6) is 1.15. The van der Waals surface area contributed by atoms with E-state index in [9.17, 15) is 4.79 Å². The van der Waals surface area contributed by atoms with Crippen molar-refractivity contribution in [2.75, 3.05) is 5.32 Å². The molecule has 0 radical (unpaired) electrons. The van der Waals surface area contributed by atoms with Crippen molar-refractivity contribution in [1.29, 1.82) is 0 Å². The third-order valence-corrected chi connectivity index (χ3v) is 5.88. The summed E-state index contributed by atoms with van der Waals surface area (Å²) in [6, 6.07) is 15.3. The van der Waals surface area contributed by atoms with Crippen molar-refractivity contribution in [2.24, 2.45) is 5.92 Å². The molecule has 0 saturated heterocycles. The Morgan fingerprint density at radius 1 is 1.19 bits per heavy atom. The first kappa shape index (κ1) is 17.7. The average Bonchev–Trinajstić information content (AvgIpc) is 3.47. The van der Waals surface area contributed by atoms with Crippen molar-refractivity contribution >= 4 is 23.4 Å². The van der Waals surface area contributed by atoms with E-state index in [2.05, 4.69) is 27.4 Å². The number of carbonyl (C=O) groups is 1. The lowest BCUT2D eigenvalue weighted by molar-refractivity contribution is -0.116. The van der Waals surface area contributed by atoms with Crippen molar-refractivity contribution in [3.05, 3.63) is 54.7 Å². The van der Waals surface area contributed by atoms with Gasteiger partial charge in [-0.3, -0.25) is 9.78 Å². The van der Waals surface area contributed by atoms with Crippen molar-refractivity contribution in [1.82, 2.24) is 19.7 Å². The van der Waals surface area contributed by atoms with Crippen LogP contribution in [0.4, 0.5) is 5.69 Å². The lowest BCUT2D eigenvalue weighted by atomic mass is 10.2. The molecule has 27 heavy (non-hydrogen) atoms. The lowest BCUT2D eigenvalue weighted by Gasteiger charge is -2.16. The highest BCUT2D eigenvalue weighted by Gasteiger charge is 2.38. The van der Waals surface area contributed by atoms with Gasteiger partial charge in [-0.15, -0.1) is 10.2 Å². The van der Waals surface area contributed by atoms with Crippen LogP contribution in [0.3, 0.4) is 0 Å². The Balaban J connectivity index is 1.56. The average molecular weight is 379 g/mol. The SMILES string of the molecule is CCn1c(SC(C(=O)Nc2ccccc2)C2CC2)nnc1-c1ccccn1. The van der Waals surface area contributed by atoms with Gasteiger partial charge in [-0.2, -0.15) is 0 Å². The summed E-state index contributed by atoms with van der Waals surface area (Å²) in [5.41, 5.74) is 1.61. The normalized spacial score (nSPS) is 14.7. The Bertz CT molecular complexity index is 909. The molecule has 0 aliphatic heterocycles. The fraction of sp³-hybridized carbons (Fsp3) is 0.300. The zero-order valence-corrected chi connectivity index (χ0v) is 15.9. The molecule has 1 atom stereocenters. The third-order valence-electron chi connectivity index (χ3n) is 4.51.